The average molecular weight is 436 g/mol. The third kappa shape index (κ3) is 4.49. The number of fused-ring (bicyclic) bond motifs is 1. The second-order valence-corrected chi connectivity index (χ2v) is 9.55. The Bertz CT molecular complexity index is 977. The van der Waals surface area contributed by atoms with Gasteiger partial charge in [0.1, 0.15) is 13.2 Å². The van der Waals surface area contributed by atoms with Crippen LogP contribution in [0, 0.1) is 0 Å². The normalized spacial score (nSPS) is 17.2. The third-order valence-electron chi connectivity index (χ3n) is 4.75. The van der Waals surface area contributed by atoms with E-state index < -0.39 is 10.0 Å². The van der Waals surface area contributed by atoms with E-state index in [9.17, 15) is 13.2 Å². The first-order chi connectivity index (χ1) is 14.0. The molecule has 0 saturated carbocycles. The van der Waals surface area contributed by atoms with Gasteiger partial charge in [-0.15, -0.1) is 11.8 Å². The minimum absolute atomic E-state index is 0.00295. The molecule has 10 heteroatoms. The summed E-state index contributed by atoms with van der Waals surface area (Å²) >= 11 is 1.45. The van der Waals surface area contributed by atoms with Gasteiger partial charge in [-0.1, -0.05) is 0 Å². The Morgan fingerprint density at radius 2 is 1.69 bits per heavy atom. The first-order valence-corrected chi connectivity index (χ1v) is 11.7. The van der Waals surface area contributed by atoms with Gasteiger partial charge in [0.05, 0.1) is 10.6 Å². The van der Waals surface area contributed by atoms with Crippen LogP contribution in [0.1, 0.15) is 0 Å². The summed E-state index contributed by atoms with van der Waals surface area (Å²) in [5.74, 6) is 1.32. The molecule has 1 aromatic carbocycles. The van der Waals surface area contributed by atoms with Crippen LogP contribution in [-0.4, -0.2) is 73.7 Å². The molecule has 1 fully saturated rings. The summed E-state index contributed by atoms with van der Waals surface area (Å²) in [5, 5.41) is 0. The van der Waals surface area contributed by atoms with Gasteiger partial charge >= 0.3 is 0 Å². The highest BCUT2D eigenvalue weighted by Crippen LogP contribution is 2.33. The number of carbonyl (C=O) groups is 1. The van der Waals surface area contributed by atoms with E-state index in [2.05, 4.69) is 4.98 Å². The summed E-state index contributed by atoms with van der Waals surface area (Å²) < 4.78 is 38.3. The number of benzene rings is 1. The van der Waals surface area contributed by atoms with Crippen LogP contribution in [0.2, 0.25) is 0 Å². The number of nitrogens with zero attached hydrogens (tertiary/aromatic N) is 3. The fourth-order valence-corrected chi connectivity index (χ4v) is 5.41. The molecule has 0 atom stereocenters. The van der Waals surface area contributed by atoms with Gasteiger partial charge in [-0.2, -0.15) is 4.31 Å². The molecule has 8 nitrogen and oxygen atoms in total. The number of carbonyl (C=O) groups excluding carboxylic acids is 1. The predicted molar refractivity (Wildman–Crippen MR) is 108 cm³/mol. The topological polar surface area (TPSA) is 89.0 Å². The number of piperazine rings is 1. The third-order valence-corrected chi connectivity index (χ3v) is 7.65. The maximum absolute atomic E-state index is 13.0. The van der Waals surface area contributed by atoms with E-state index in [4.69, 9.17) is 9.47 Å². The van der Waals surface area contributed by atoms with E-state index in [0.29, 0.717) is 43.6 Å². The number of thioether (sulfide) groups is 1. The lowest BCUT2D eigenvalue weighted by Gasteiger charge is -2.34. The number of amides is 1. The maximum Gasteiger partial charge on any atom is 0.243 e. The second kappa shape index (κ2) is 8.60. The van der Waals surface area contributed by atoms with Gasteiger partial charge in [-0.3, -0.25) is 9.78 Å². The Kier molecular flexibility index (Phi) is 5.93. The van der Waals surface area contributed by atoms with Crippen molar-refractivity contribution in [2.24, 2.45) is 0 Å². The lowest BCUT2D eigenvalue weighted by molar-refractivity contribution is -0.129. The van der Waals surface area contributed by atoms with Gasteiger partial charge in [-0.25, -0.2) is 8.42 Å². The predicted octanol–water partition coefficient (Wildman–Crippen LogP) is 1.48. The maximum atomic E-state index is 13.0. The number of aromatic nitrogens is 1. The van der Waals surface area contributed by atoms with Crippen molar-refractivity contribution in [1.82, 2.24) is 14.2 Å². The van der Waals surface area contributed by atoms with Crippen LogP contribution >= 0.6 is 11.8 Å². The summed E-state index contributed by atoms with van der Waals surface area (Å²) in [5.41, 5.74) is 0. The minimum atomic E-state index is -3.65. The van der Waals surface area contributed by atoms with Crippen molar-refractivity contribution in [3.8, 4) is 11.5 Å². The molecule has 2 aliphatic heterocycles. The monoisotopic (exact) mass is 435 g/mol. The van der Waals surface area contributed by atoms with Crippen LogP contribution in [-0.2, 0) is 14.8 Å². The minimum Gasteiger partial charge on any atom is -0.486 e. The lowest BCUT2D eigenvalue weighted by atomic mass is 10.3. The summed E-state index contributed by atoms with van der Waals surface area (Å²) in [4.78, 5) is 19.3. The zero-order chi connectivity index (χ0) is 20.3. The molecule has 2 aliphatic rings. The summed E-state index contributed by atoms with van der Waals surface area (Å²) in [6.07, 6.45) is 3.38. The highest BCUT2D eigenvalue weighted by Gasteiger charge is 2.31. The molecule has 0 radical (unpaired) electrons. The standard InChI is InChI=1S/C19H21N3O5S2/c23-19(14-28-15-3-5-20-6-4-15)21-7-9-22(10-8-21)29(24,25)16-1-2-17-18(13-16)27-12-11-26-17/h1-6,13H,7-12,14H2. The number of sulfonamides is 1. The number of rotatable bonds is 5. The Hall–Kier alpha value is -2.30. The van der Waals surface area contributed by atoms with E-state index in [0.717, 1.165) is 4.90 Å². The fourth-order valence-electron chi connectivity index (χ4n) is 3.18. The first kappa shape index (κ1) is 20.0. The molecular weight excluding hydrogens is 414 g/mol. The molecule has 1 saturated heterocycles. The molecular formula is C19H21N3O5S2. The van der Waals surface area contributed by atoms with Gasteiger partial charge in [0.2, 0.25) is 15.9 Å². The van der Waals surface area contributed by atoms with Gasteiger partial charge in [0.15, 0.2) is 11.5 Å². The summed E-state index contributed by atoms with van der Waals surface area (Å²) in [6, 6.07) is 8.38. The smallest absolute Gasteiger partial charge is 0.243 e. The summed E-state index contributed by atoms with van der Waals surface area (Å²) in [6.45, 7) is 2.13. The Labute approximate surface area is 173 Å². The molecule has 0 bridgehead atoms. The van der Waals surface area contributed by atoms with E-state index in [1.54, 1.807) is 23.4 Å². The number of hydrogen-bond acceptors (Lipinski definition) is 7. The Morgan fingerprint density at radius 1 is 1.00 bits per heavy atom. The fraction of sp³-hybridized carbons (Fsp3) is 0.368. The van der Waals surface area contributed by atoms with Crippen molar-refractivity contribution >= 4 is 27.7 Å². The molecule has 29 heavy (non-hydrogen) atoms. The highest BCUT2D eigenvalue weighted by molar-refractivity contribution is 8.00. The van der Waals surface area contributed by atoms with Gasteiger partial charge < -0.3 is 14.4 Å². The van der Waals surface area contributed by atoms with Crippen molar-refractivity contribution in [3.63, 3.8) is 0 Å². The van der Waals surface area contributed by atoms with Crippen molar-refractivity contribution in [2.45, 2.75) is 9.79 Å². The molecule has 4 rings (SSSR count). The van der Waals surface area contributed by atoms with Crippen molar-refractivity contribution in [1.29, 1.82) is 0 Å². The molecule has 0 unspecified atom stereocenters. The molecule has 154 valence electrons. The van der Waals surface area contributed by atoms with Crippen LogP contribution in [0.25, 0.3) is 0 Å². The summed E-state index contributed by atoms with van der Waals surface area (Å²) in [7, 11) is -3.65. The largest absolute Gasteiger partial charge is 0.486 e. The molecule has 0 aliphatic carbocycles. The van der Waals surface area contributed by atoms with Crippen molar-refractivity contribution in [3.05, 3.63) is 42.7 Å². The quantitative estimate of drug-likeness (QED) is 0.657. The van der Waals surface area contributed by atoms with Gasteiger partial charge in [-0.05, 0) is 24.3 Å². The number of ether oxygens (including phenoxy) is 2. The van der Waals surface area contributed by atoms with E-state index in [1.165, 1.54) is 28.2 Å². The van der Waals surface area contributed by atoms with Gasteiger partial charge in [0, 0.05) is 49.5 Å². The Balaban J connectivity index is 1.35. The molecule has 1 aromatic heterocycles. The molecule has 2 aromatic rings. The van der Waals surface area contributed by atoms with Crippen LogP contribution in [0.5, 0.6) is 11.5 Å². The number of hydrogen-bond donors (Lipinski definition) is 0. The second-order valence-electron chi connectivity index (χ2n) is 6.56. The van der Waals surface area contributed by atoms with Crippen LogP contribution in [0.4, 0.5) is 0 Å². The van der Waals surface area contributed by atoms with Crippen LogP contribution in [0.15, 0.2) is 52.5 Å². The average Bonchev–Trinajstić information content (AvgIpc) is 2.78. The first-order valence-electron chi connectivity index (χ1n) is 9.24. The van der Waals surface area contributed by atoms with Crippen LogP contribution in [0.3, 0.4) is 0 Å². The van der Waals surface area contributed by atoms with Crippen molar-refractivity contribution < 1.29 is 22.7 Å². The van der Waals surface area contributed by atoms with Crippen LogP contribution < -0.4 is 9.47 Å². The Morgan fingerprint density at radius 3 is 2.41 bits per heavy atom. The number of pyridine rings is 1. The molecule has 0 N–H and O–H groups in total. The molecule has 3 heterocycles. The molecule has 0 spiro atoms. The van der Waals surface area contributed by atoms with E-state index in [-0.39, 0.29) is 23.9 Å². The zero-order valence-corrected chi connectivity index (χ0v) is 17.3. The lowest BCUT2D eigenvalue weighted by Crippen LogP contribution is -2.50. The molecule has 1 amide bonds. The zero-order valence-electron chi connectivity index (χ0n) is 15.7. The van der Waals surface area contributed by atoms with Gasteiger partial charge in [0.25, 0.3) is 0 Å². The highest BCUT2D eigenvalue weighted by atomic mass is 32.2. The van der Waals surface area contributed by atoms with E-state index >= 15 is 0 Å². The van der Waals surface area contributed by atoms with Crippen molar-refractivity contribution in [2.75, 3.05) is 45.1 Å². The van der Waals surface area contributed by atoms with E-state index in [1.807, 2.05) is 12.1 Å². The SMILES string of the molecule is O=C(CSc1ccncc1)N1CCN(S(=O)(=O)c2ccc3c(c2)OCCO3)CC1.